The molecule has 28 heteroatoms. The van der Waals surface area contributed by atoms with Crippen LogP contribution < -0.4 is 65.5 Å². The third-order valence-electron chi connectivity index (χ3n) is 8.80. The molecule has 0 aromatic heterocycles. The lowest BCUT2D eigenvalue weighted by Crippen LogP contribution is -2.61. The molecular weight excluding hydrogens is 891 g/mol. The quantitative estimate of drug-likeness (QED) is 0.0129. The monoisotopic (exact) mass is 955 g/mol. The van der Waals surface area contributed by atoms with Crippen molar-refractivity contribution in [2.75, 3.05) is 49.8 Å². The van der Waals surface area contributed by atoms with Gasteiger partial charge in [0.2, 0.25) is 47.3 Å². The zero-order valence-electron chi connectivity index (χ0n) is 35.5. The SMILES string of the molecule is CSCC[C@H](NC(=O)CNC(=O)[C@H](CO)NC(=O)[C@@H](N)CS)C(=O)N[C@@H](C)C(=O)N[C@@H](CCCN=C(N)N)C(=O)N[C@H](C(=O)N[C@@H](CCCCN)C(=O)N[C@@H](CS)C(=O)O)[C@@H](C)O. The second kappa shape index (κ2) is 32.1. The number of nitrogens with zero attached hydrogens (tertiary/aromatic N) is 1. The van der Waals surface area contributed by atoms with Crippen molar-refractivity contribution in [3.05, 3.63) is 0 Å². The summed E-state index contributed by atoms with van der Waals surface area (Å²) in [5.74, 6) is -8.52. The summed E-state index contributed by atoms with van der Waals surface area (Å²) in [6.45, 7) is 1.31. The molecule has 0 spiro atoms. The fourth-order valence-electron chi connectivity index (χ4n) is 5.18. The first-order valence-corrected chi connectivity index (χ1v) is 22.5. The number of carboxylic acids is 1. The van der Waals surface area contributed by atoms with E-state index in [0.717, 1.165) is 0 Å². The van der Waals surface area contributed by atoms with E-state index in [2.05, 4.69) is 72.8 Å². The van der Waals surface area contributed by atoms with E-state index in [4.69, 9.17) is 22.9 Å². The highest BCUT2D eigenvalue weighted by molar-refractivity contribution is 7.98. The maximum absolute atomic E-state index is 13.7. The summed E-state index contributed by atoms with van der Waals surface area (Å²) in [4.78, 5) is 120. The van der Waals surface area contributed by atoms with Gasteiger partial charge in [-0.15, -0.1) is 0 Å². The first kappa shape index (κ1) is 58.4. The number of nitrogens with two attached hydrogens (primary N) is 4. The van der Waals surface area contributed by atoms with Gasteiger partial charge in [0.1, 0.15) is 42.3 Å². The predicted molar refractivity (Wildman–Crippen MR) is 240 cm³/mol. The first-order valence-electron chi connectivity index (χ1n) is 19.8. The molecule has 360 valence electrons. The Morgan fingerprint density at radius 2 is 1.21 bits per heavy atom. The number of aliphatic hydroxyl groups is 2. The van der Waals surface area contributed by atoms with Crippen LogP contribution in [-0.2, 0) is 43.2 Å². The summed E-state index contributed by atoms with van der Waals surface area (Å²) in [6, 6.07) is -10.8. The average Bonchev–Trinajstić information content (AvgIpc) is 3.23. The van der Waals surface area contributed by atoms with Crippen molar-refractivity contribution >= 4 is 96.2 Å². The van der Waals surface area contributed by atoms with Gasteiger partial charge in [-0.2, -0.15) is 37.0 Å². The van der Waals surface area contributed by atoms with Crippen molar-refractivity contribution in [2.45, 2.75) is 107 Å². The molecule has 0 fully saturated rings. The van der Waals surface area contributed by atoms with Gasteiger partial charge >= 0.3 is 5.97 Å². The molecule has 25 nitrogen and oxygen atoms in total. The largest absolute Gasteiger partial charge is 0.480 e. The standard InChI is InChI=1S/C35H65N13O12S3/c1-17(42-30(55)22(9-12-63-3)43-25(51)13-41-29(54)23(14-49)46-28(53)19(37)15-61)27(52)44-21(8-6-11-40-35(38)39)32(57)48-26(18(2)50)33(58)45-20(7-4-5-10-36)31(56)47-24(16-62)34(59)60/h17-24,26,49-50,61-62H,4-16,36-37H2,1-3H3,(H,41,54)(H,42,55)(H,43,51)(H,44,52)(H,45,58)(H,46,53)(H,47,56)(H,48,57)(H,59,60)(H4,38,39,40)/t17-,18+,19-,20-,21-,22-,23-,24-,26-/m0/s1. The number of hydrogen-bond donors (Lipinski definition) is 17. The van der Waals surface area contributed by atoms with Crippen LogP contribution in [0.4, 0.5) is 0 Å². The molecule has 0 aromatic carbocycles. The third-order valence-corrected chi connectivity index (χ3v) is 10.2. The number of aliphatic imine (C=N–C) groups is 1. The number of carboxylic acid groups (broad SMARTS) is 1. The van der Waals surface area contributed by atoms with E-state index in [1.54, 1.807) is 6.26 Å². The number of aliphatic carboxylic acids is 1. The Bertz CT molecular complexity index is 1560. The number of aliphatic hydroxyl groups excluding tert-OH is 2. The number of nitrogens with one attached hydrogen (secondary N) is 8. The Morgan fingerprint density at radius 3 is 1.73 bits per heavy atom. The average molecular weight is 956 g/mol. The van der Waals surface area contributed by atoms with Crippen LogP contribution in [0.1, 0.15) is 52.4 Å². The molecule has 8 amide bonds. The van der Waals surface area contributed by atoms with Crippen molar-refractivity contribution in [3.8, 4) is 0 Å². The van der Waals surface area contributed by atoms with Gasteiger partial charge in [-0.1, -0.05) is 0 Å². The minimum Gasteiger partial charge on any atom is -0.480 e. The normalized spacial score (nSPS) is 15.2. The van der Waals surface area contributed by atoms with E-state index in [0.29, 0.717) is 18.6 Å². The fraction of sp³-hybridized carbons (Fsp3) is 0.714. The van der Waals surface area contributed by atoms with Gasteiger partial charge in [0.15, 0.2) is 5.96 Å². The molecule has 63 heavy (non-hydrogen) atoms. The van der Waals surface area contributed by atoms with Crippen LogP contribution in [0, 0.1) is 0 Å². The van der Waals surface area contributed by atoms with E-state index in [-0.39, 0.29) is 56.2 Å². The minimum absolute atomic E-state index is 0.0224. The van der Waals surface area contributed by atoms with Gasteiger partial charge in [0.25, 0.3) is 0 Å². The van der Waals surface area contributed by atoms with Crippen LogP contribution in [0.2, 0.25) is 0 Å². The number of carbonyl (C=O) groups excluding carboxylic acids is 8. The number of unbranched alkanes of at least 4 members (excludes halogenated alkanes) is 1. The molecule has 0 radical (unpaired) electrons. The molecule has 0 aliphatic rings. The van der Waals surface area contributed by atoms with Gasteiger partial charge in [-0.25, -0.2) is 4.79 Å². The maximum Gasteiger partial charge on any atom is 0.327 e. The van der Waals surface area contributed by atoms with E-state index in [9.17, 15) is 58.5 Å². The van der Waals surface area contributed by atoms with Gasteiger partial charge < -0.3 is 80.8 Å². The molecule has 0 saturated carbocycles. The van der Waals surface area contributed by atoms with Crippen molar-refractivity contribution in [1.82, 2.24) is 42.5 Å². The second-order valence-electron chi connectivity index (χ2n) is 14.0. The van der Waals surface area contributed by atoms with Gasteiger partial charge in [-0.05, 0) is 70.9 Å². The number of thiol groups is 2. The van der Waals surface area contributed by atoms with E-state index in [1.807, 2.05) is 0 Å². The van der Waals surface area contributed by atoms with E-state index >= 15 is 0 Å². The summed E-state index contributed by atoms with van der Waals surface area (Å²) < 4.78 is 0. The molecule has 0 aliphatic carbocycles. The predicted octanol–water partition coefficient (Wildman–Crippen LogP) is -6.90. The first-order chi connectivity index (χ1) is 29.7. The second-order valence-corrected chi connectivity index (χ2v) is 15.8. The zero-order chi connectivity index (χ0) is 48.2. The number of rotatable bonds is 32. The van der Waals surface area contributed by atoms with Crippen molar-refractivity contribution in [3.63, 3.8) is 0 Å². The summed E-state index contributed by atoms with van der Waals surface area (Å²) in [7, 11) is 0. The molecule has 0 heterocycles. The van der Waals surface area contributed by atoms with Crippen LogP contribution in [-0.4, -0.2) is 179 Å². The van der Waals surface area contributed by atoms with Crippen LogP contribution >= 0.6 is 37.0 Å². The number of amides is 8. The molecule has 0 unspecified atom stereocenters. The highest BCUT2D eigenvalue weighted by Crippen LogP contribution is 2.07. The maximum atomic E-state index is 13.7. The lowest BCUT2D eigenvalue weighted by molar-refractivity contribution is -0.141. The van der Waals surface area contributed by atoms with E-state index < -0.39 is 121 Å². The van der Waals surface area contributed by atoms with Crippen LogP contribution in [0.25, 0.3) is 0 Å². The van der Waals surface area contributed by atoms with Crippen LogP contribution in [0.3, 0.4) is 0 Å². The molecule has 0 bridgehead atoms. The summed E-state index contributed by atoms with van der Waals surface area (Å²) >= 11 is 9.19. The number of thioether (sulfide) groups is 1. The lowest BCUT2D eigenvalue weighted by Gasteiger charge is -2.28. The van der Waals surface area contributed by atoms with Gasteiger partial charge in [-0.3, -0.25) is 43.3 Å². The Labute approximate surface area is 380 Å². The fourth-order valence-corrected chi connectivity index (χ4v) is 6.07. The smallest absolute Gasteiger partial charge is 0.327 e. The van der Waals surface area contributed by atoms with Crippen molar-refractivity contribution < 1.29 is 58.5 Å². The molecule has 0 rings (SSSR count). The Kier molecular flexibility index (Phi) is 29.8. The molecular formula is C35H65N13O12S3. The molecule has 0 aliphatic heterocycles. The molecule has 9 atom stereocenters. The van der Waals surface area contributed by atoms with Crippen molar-refractivity contribution in [2.24, 2.45) is 27.9 Å². The molecule has 0 saturated heterocycles. The third kappa shape index (κ3) is 23.6. The summed E-state index contributed by atoms with van der Waals surface area (Å²) in [6.07, 6.45) is 1.12. The summed E-state index contributed by atoms with van der Waals surface area (Å²) in [5.41, 5.74) is 21.9. The minimum atomic E-state index is -1.69. The Balaban J connectivity index is 6.04. The Morgan fingerprint density at radius 1 is 0.667 bits per heavy atom. The van der Waals surface area contributed by atoms with Gasteiger partial charge in [0, 0.05) is 18.1 Å². The number of hydrogen-bond acceptors (Lipinski definition) is 17. The molecule has 19 N–H and O–H groups in total. The highest BCUT2D eigenvalue weighted by Gasteiger charge is 2.34. The molecule has 0 aromatic rings. The van der Waals surface area contributed by atoms with Crippen LogP contribution in [0.15, 0.2) is 4.99 Å². The van der Waals surface area contributed by atoms with Crippen molar-refractivity contribution in [1.29, 1.82) is 0 Å². The number of carbonyl (C=O) groups is 9. The van der Waals surface area contributed by atoms with E-state index in [1.165, 1.54) is 25.6 Å². The lowest BCUT2D eigenvalue weighted by atomic mass is 10.0. The number of guanidine groups is 1. The highest BCUT2D eigenvalue weighted by atomic mass is 32.2. The van der Waals surface area contributed by atoms with Gasteiger partial charge in [0.05, 0.1) is 25.3 Å². The Hall–Kier alpha value is -4.61. The van der Waals surface area contributed by atoms with Crippen LogP contribution in [0.5, 0.6) is 0 Å². The summed E-state index contributed by atoms with van der Waals surface area (Å²) in [5, 5.41) is 48.5. The zero-order valence-corrected chi connectivity index (χ0v) is 38.1. The topological polar surface area (TPSA) is 427 Å².